The first-order chi connectivity index (χ1) is 10.6. The van der Waals surface area contributed by atoms with Crippen LogP contribution < -0.4 is 24.8 Å². The van der Waals surface area contributed by atoms with Gasteiger partial charge in [-0.25, -0.2) is 12.2 Å². The number of halogens is 2. The van der Waals surface area contributed by atoms with E-state index in [1.54, 1.807) is 24.2 Å². The van der Waals surface area contributed by atoms with Crippen LogP contribution in [-0.2, 0) is 33.7 Å². The molecule has 0 radical (unpaired) electrons. The van der Waals surface area contributed by atoms with E-state index in [0.717, 1.165) is 24.4 Å². The van der Waals surface area contributed by atoms with Crippen LogP contribution in [0.4, 0.5) is 0 Å². The van der Waals surface area contributed by atoms with Crippen molar-refractivity contribution in [1.82, 2.24) is 0 Å². The maximum Gasteiger partial charge on any atom is 0.107 e. The summed E-state index contributed by atoms with van der Waals surface area (Å²) >= 11 is 1.55. The van der Waals surface area contributed by atoms with E-state index in [-0.39, 0.29) is 38.0 Å². The fourth-order valence-electron chi connectivity index (χ4n) is 1.28. The second-order valence-corrected chi connectivity index (χ2v) is 6.90. The van der Waals surface area contributed by atoms with Crippen molar-refractivity contribution >= 4 is 3.21 Å². The molecule has 0 aromatic rings. The normalized spacial score (nSPS) is 13.1. The average Bonchev–Trinajstić information content (AvgIpc) is 3.16. The quantitative estimate of drug-likeness (QED) is 0.403. The Morgan fingerprint density at radius 1 is 0.958 bits per heavy atom. The van der Waals surface area contributed by atoms with Gasteiger partial charge in [-0.1, -0.05) is 11.5 Å². The van der Waals surface area contributed by atoms with E-state index in [1.165, 1.54) is 3.21 Å². The van der Waals surface area contributed by atoms with Crippen molar-refractivity contribution in [2.24, 2.45) is 0 Å². The van der Waals surface area contributed by atoms with Crippen molar-refractivity contribution in [1.29, 1.82) is 0 Å². The van der Waals surface area contributed by atoms with E-state index in [0.29, 0.717) is 13.2 Å². The zero-order valence-corrected chi connectivity index (χ0v) is 18.0. The summed E-state index contributed by atoms with van der Waals surface area (Å²) in [6.07, 6.45) is 15.2. The molecule has 0 heterocycles. The summed E-state index contributed by atoms with van der Waals surface area (Å²) in [5, 5.41) is 16.7. The Hall–Kier alpha value is -0.187. The Bertz CT molecular complexity index is 394. The largest absolute Gasteiger partial charge is 1.00 e. The van der Waals surface area contributed by atoms with Crippen molar-refractivity contribution in [3.8, 4) is 0 Å². The number of allylic oxidation sites excluding steroid dienone is 6. The van der Waals surface area contributed by atoms with Crippen LogP contribution in [0.5, 0.6) is 0 Å². The van der Waals surface area contributed by atoms with Crippen molar-refractivity contribution in [2.75, 3.05) is 26.4 Å². The van der Waals surface area contributed by atoms with Crippen molar-refractivity contribution in [3.05, 3.63) is 48.0 Å². The SMILES string of the molecule is C[C](C)=[Zr+2].OCCOC1=[C-]CC=C1.OCCOC1=[C-]CC=C1.[Cl-].[Cl-]. The zero-order valence-electron chi connectivity index (χ0n) is 14.0. The molecule has 0 saturated carbocycles. The second-order valence-electron chi connectivity index (χ2n) is 4.44. The molecule has 2 N–H and O–H groups in total. The Labute approximate surface area is 172 Å². The molecule has 4 nitrogen and oxygen atoms in total. The third-order valence-electron chi connectivity index (χ3n) is 2.02. The number of hydrogen-bond donors (Lipinski definition) is 2. The minimum Gasteiger partial charge on any atom is -1.00 e. The third kappa shape index (κ3) is 19.9. The number of ether oxygens (including phenoxy) is 2. The molecule has 0 saturated heterocycles. The number of aliphatic hydroxyl groups excluding tert-OH is 2. The summed E-state index contributed by atoms with van der Waals surface area (Å²) in [7, 11) is 0. The molecule has 0 bridgehead atoms. The molecule has 2 aliphatic rings. The Morgan fingerprint density at radius 3 is 1.50 bits per heavy atom. The van der Waals surface area contributed by atoms with Gasteiger partial charge in [-0.3, -0.25) is 0 Å². The molecule has 0 aromatic carbocycles. The maximum atomic E-state index is 8.34. The third-order valence-corrected chi connectivity index (χ3v) is 2.02. The molecule has 0 aromatic heterocycles. The molecule has 0 spiro atoms. The van der Waals surface area contributed by atoms with Crippen LogP contribution in [-0.4, -0.2) is 39.8 Å². The first-order valence-corrected chi connectivity index (χ1v) is 8.36. The minimum absolute atomic E-state index is 0. The van der Waals surface area contributed by atoms with Gasteiger partial charge in [0.2, 0.25) is 0 Å². The summed E-state index contributed by atoms with van der Waals surface area (Å²) in [6.45, 7) is 5.12. The molecule has 0 unspecified atom stereocenters. The average molecular weight is 455 g/mol. The summed E-state index contributed by atoms with van der Waals surface area (Å²) < 4.78 is 11.5. The van der Waals surface area contributed by atoms with Gasteiger partial charge in [0.25, 0.3) is 0 Å². The summed E-state index contributed by atoms with van der Waals surface area (Å²) in [5.74, 6) is 1.51. The van der Waals surface area contributed by atoms with E-state index >= 15 is 0 Å². The van der Waals surface area contributed by atoms with Gasteiger partial charge in [-0.15, -0.1) is 12.8 Å². The number of hydrogen-bond acceptors (Lipinski definition) is 4. The van der Waals surface area contributed by atoms with E-state index in [2.05, 4.69) is 26.0 Å². The van der Waals surface area contributed by atoms with Gasteiger partial charge < -0.3 is 44.5 Å². The van der Waals surface area contributed by atoms with Crippen LogP contribution in [0.1, 0.15) is 26.7 Å². The summed E-state index contributed by atoms with van der Waals surface area (Å²) in [4.78, 5) is 0. The molecule has 2 rings (SSSR count). The number of aliphatic hydroxyl groups is 2. The molecule has 0 atom stereocenters. The fourth-order valence-corrected chi connectivity index (χ4v) is 1.28. The van der Waals surface area contributed by atoms with Crippen LogP contribution in [0.2, 0.25) is 0 Å². The standard InChI is InChI=1S/2C7H9O2.C3H6.2ClH.Zr/c2*8-5-6-9-7-3-1-2-4-7;1-3-2;;;/h2*1,3,8H,2,5-6H2;1-2H3;2*1H;/q2*-1;;;;+2/p-2. The van der Waals surface area contributed by atoms with E-state index in [1.807, 2.05) is 24.3 Å². The molecule has 2 aliphatic carbocycles. The molecule has 136 valence electrons. The molecule has 0 aliphatic heterocycles. The maximum absolute atomic E-state index is 8.34. The van der Waals surface area contributed by atoms with Gasteiger partial charge in [0.05, 0.1) is 13.2 Å². The predicted molar refractivity (Wildman–Crippen MR) is 83.5 cm³/mol. The van der Waals surface area contributed by atoms with Crippen molar-refractivity contribution < 1.29 is 68.7 Å². The molecule has 0 fully saturated rings. The first kappa shape index (κ1) is 28.6. The molecule has 24 heavy (non-hydrogen) atoms. The van der Waals surface area contributed by atoms with Crippen LogP contribution in [0.25, 0.3) is 0 Å². The van der Waals surface area contributed by atoms with Gasteiger partial charge in [0, 0.05) is 0 Å². The second kappa shape index (κ2) is 20.9. The van der Waals surface area contributed by atoms with Gasteiger partial charge in [0.15, 0.2) is 0 Å². The van der Waals surface area contributed by atoms with Crippen LogP contribution >= 0.6 is 0 Å². The molecule has 7 heteroatoms. The first-order valence-electron chi connectivity index (χ1n) is 7.14. The predicted octanol–water partition coefficient (Wildman–Crippen LogP) is -3.96. The van der Waals surface area contributed by atoms with Crippen LogP contribution in [0, 0.1) is 12.2 Å². The topological polar surface area (TPSA) is 58.9 Å². The minimum atomic E-state index is 0. The fraction of sp³-hybridized carbons (Fsp3) is 0.471. The van der Waals surface area contributed by atoms with Crippen LogP contribution in [0.15, 0.2) is 35.8 Å². The van der Waals surface area contributed by atoms with E-state index in [4.69, 9.17) is 19.7 Å². The number of rotatable bonds is 6. The van der Waals surface area contributed by atoms with Crippen LogP contribution in [0.3, 0.4) is 0 Å². The van der Waals surface area contributed by atoms with Crippen molar-refractivity contribution in [3.63, 3.8) is 0 Å². The molecular weight excluding hydrogens is 430 g/mol. The summed E-state index contributed by atoms with van der Waals surface area (Å²) in [6, 6.07) is 0. The molecule has 0 amide bonds. The van der Waals surface area contributed by atoms with Gasteiger partial charge >= 0.3 is 41.3 Å². The molecular formula is C17H24Cl2O4Zr-2. The Kier molecular flexibility index (Phi) is 24.9. The van der Waals surface area contributed by atoms with Gasteiger partial charge in [-0.05, 0) is 0 Å². The zero-order chi connectivity index (χ0) is 16.6. The smallest absolute Gasteiger partial charge is 0.107 e. The van der Waals surface area contributed by atoms with Gasteiger partial charge in [-0.2, -0.15) is 24.3 Å². The van der Waals surface area contributed by atoms with E-state index in [9.17, 15) is 0 Å². The van der Waals surface area contributed by atoms with Crippen molar-refractivity contribution in [2.45, 2.75) is 26.7 Å². The Balaban J connectivity index is -0.000000283. The van der Waals surface area contributed by atoms with Gasteiger partial charge in [0.1, 0.15) is 13.2 Å². The van der Waals surface area contributed by atoms with E-state index < -0.39 is 0 Å². The Morgan fingerprint density at radius 2 is 1.29 bits per heavy atom. The summed E-state index contributed by atoms with van der Waals surface area (Å²) in [5.41, 5.74) is 0. The monoisotopic (exact) mass is 452 g/mol.